The smallest absolute Gasteiger partial charge is 0.412 e. The molecule has 4 rings (SSSR count). The summed E-state index contributed by atoms with van der Waals surface area (Å²) >= 11 is 0. The van der Waals surface area contributed by atoms with E-state index in [-0.39, 0.29) is 0 Å². The topological polar surface area (TPSA) is 50.8 Å². The van der Waals surface area contributed by atoms with E-state index in [0.29, 0.717) is 17.5 Å². The first kappa shape index (κ1) is 17.9. The van der Waals surface area contributed by atoms with Crippen molar-refractivity contribution in [3.8, 4) is 22.6 Å². The van der Waals surface area contributed by atoms with Gasteiger partial charge in [0.05, 0.1) is 7.11 Å². The van der Waals surface area contributed by atoms with Crippen LogP contribution < -0.4 is 14.8 Å². The first-order valence-electron chi connectivity index (χ1n) is 9.63. The van der Waals surface area contributed by atoms with Gasteiger partial charge in [-0.05, 0) is 54.1 Å². The van der Waals surface area contributed by atoms with Gasteiger partial charge in [-0.2, -0.15) is 0 Å². The molecule has 142 valence electrons. The summed E-state index contributed by atoms with van der Waals surface area (Å²) in [5, 5.41) is 2.55. The summed E-state index contributed by atoms with van der Waals surface area (Å²) in [5.41, 5.74) is 6.05. The van der Waals surface area contributed by atoms with E-state index in [9.17, 15) is 4.79 Å². The molecule has 0 radical (unpaired) electrons. The molecule has 27 heavy (non-hydrogen) atoms. The van der Waals surface area contributed by atoms with E-state index in [1.54, 1.807) is 14.2 Å². The highest BCUT2D eigenvalue weighted by molar-refractivity contribution is 5.86. The molecule has 2 aromatic carbocycles. The zero-order valence-electron chi connectivity index (χ0n) is 16.2. The van der Waals surface area contributed by atoms with Gasteiger partial charge in [0, 0.05) is 25.2 Å². The normalized spacial score (nSPS) is 17.7. The second kappa shape index (κ2) is 7.24. The van der Waals surface area contributed by atoms with Crippen LogP contribution in [0.15, 0.2) is 30.3 Å². The average molecular weight is 366 g/mol. The molecule has 1 atom stereocenters. The molecular weight excluding hydrogens is 340 g/mol. The molecule has 0 saturated heterocycles. The van der Waals surface area contributed by atoms with E-state index in [0.717, 1.165) is 43.5 Å². The van der Waals surface area contributed by atoms with Gasteiger partial charge in [-0.25, -0.2) is 4.79 Å². The number of hydrogen-bond acceptors (Lipinski definition) is 4. The van der Waals surface area contributed by atoms with Crippen LogP contribution in [-0.2, 0) is 12.8 Å². The fraction of sp³-hybridized carbons (Fsp3) is 0.409. The number of nitrogens with zero attached hydrogens (tertiary/aromatic N) is 1. The Labute approximate surface area is 160 Å². The molecule has 2 aromatic rings. The van der Waals surface area contributed by atoms with E-state index >= 15 is 0 Å². The lowest BCUT2D eigenvalue weighted by atomic mass is 9.76. The maximum Gasteiger partial charge on any atom is 0.412 e. The maximum atomic E-state index is 12.1. The molecular formula is C22H26N2O3. The Morgan fingerprint density at radius 2 is 2.11 bits per heavy atom. The molecule has 0 spiro atoms. The number of amides is 1. The van der Waals surface area contributed by atoms with Crippen molar-refractivity contribution < 1.29 is 14.3 Å². The van der Waals surface area contributed by atoms with Gasteiger partial charge in [0.1, 0.15) is 0 Å². The van der Waals surface area contributed by atoms with Gasteiger partial charge in [0.15, 0.2) is 11.5 Å². The predicted molar refractivity (Wildman–Crippen MR) is 106 cm³/mol. The SMILES string of the molecule is CCCN1CCc2cc(OC)c(OC(=O)NC)c3c2[C@H]1Cc1ccccc1-3. The van der Waals surface area contributed by atoms with Crippen molar-refractivity contribution in [3.05, 3.63) is 47.0 Å². The zero-order chi connectivity index (χ0) is 19.0. The van der Waals surface area contributed by atoms with Crippen molar-refractivity contribution in [2.75, 3.05) is 27.2 Å². The number of methoxy groups -OCH3 is 1. The predicted octanol–water partition coefficient (Wildman–Crippen LogP) is 3.95. The maximum absolute atomic E-state index is 12.1. The quantitative estimate of drug-likeness (QED) is 0.890. The van der Waals surface area contributed by atoms with Gasteiger partial charge < -0.3 is 14.8 Å². The van der Waals surface area contributed by atoms with Gasteiger partial charge in [0.2, 0.25) is 0 Å². The minimum Gasteiger partial charge on any atom is -0.493 e. The zero-order valence-corrected chi connectivity index (χ0v) is 16.2. The molecule has 1 N–H and O–H groups in total. The number of hydrogen-bond donors (Lipinski definition) is 1. The Morgan fingerprint density at radius 3 is 2.85 bits per heavy atom. The van der Waals surface area contributed by atoms with Crippen LogP contribution in [0.1, 0.15) is 36.1 Å². The van der Waals surface area contributed by atoms with Crippen LogP contribution in [-0.4, -0.2) is 38.2 Å². The Balaban J connectivity index is 1.98. The second-order valence-corrected chi connectivity index (χ2v) is 7.16. The summed E-state index contributed by atoms with van der Waals surface area (Å²) in [7, 11) is 3.20. The number of nitrogens with one attached hydrogen (secondary N) is 1. The van der Waals surface area contributed by atoms with E-state index in [1.807, 2.05) is 6.07 Å². The highest BCUT2D eigenvalue weighted by Crippen LogP contribution is 2.52. The molecule has 0 aromatic heterocycles. The number of carbonyl (C=O) groups excluding carboxylic acids is 1. The van der Waals surface area contributed by atoms with Crippen LogP contribution in [0.4, 0.5) is 4.79 Å². The third-order valence-electron chi connectivity index (χ3n) is 5.64. The molecule has 1 heterocycles. The minimum atomic E-state index is -0.481. The number of rotatable bonds is 4. The third kappa shape index (κ3) is 2.96. The van der Waals surface area contributed by atoms with Gasteiger partial charge in [-0.15, -0.1) is 0 Å². The van der Waals surface area contributed by atoms with Crippen molar-refractivity contribution in [1.29, 1.82) is 0 Å². The van der Waals surface area contributed by atoms with Crippen LogP contribution in [0, 0.1) is 0 Å². The van der Waals surface area contributed by atoms with E-state index < -0.39 is 6.09 Å². The van der Waals surface area contributed by atoms with E-state index in [1.165, 1.54) is 16.7 Å². The summed E-state index contributed by atoms with van der Waals surface area (Å²) < 4.78 is 11.3. The highest BCUT2D eigenvalue weighted by atomic mass is 16.6. The van der Waals surface area contributed by atoms with Crippen molar-refractivity contribution in [3.63, 3.8) is 0 Å². The molecule has 0 bridgehead atoms. The molecule has 5 heteroatoms. The lowest BCUT2D eigenvalue weighted by Crippen LogP contribution is -2.39. The number of ether oxygens (including phenoxy) is 2. The van der Waals surface area contributed by atoms with E-state index in [4.69, 9.17) is 9.47 Å². The number of fused-ring (bicyclic) bond motifs is 2. The molecule has 2 aliphatic rings. The fourth-order valence-corrected chi connectivity index (χ4v) is 4.50. The van der Waals surface area contributed by atoms with Crippen molar-refractivity contribution >= 4 is 6.09 Å². The molecule has 1 aliphatic carbocycles. The first-order chi connectivity index (χ1) is 13.2. The molecule has 0 unspecified atom stereocenters. The molecule has 1 aliphatic heterocycles. The van der Waals surface area contributed by atoms with Crippen LogP contribution in [0.5, 0.6) is 11.5 Å². The summed E-state index contributed by atoms with van der Waals surface area (Å²) in [6, 6.07) is 10.8. The average Bonchev–Trinajstić information content (AvgIpc) is 2.70. The lowest BCUT2D eigenvalue weighted by Gasteiger charge is -2.42. The van der Waals surface area contributed by atoms with Gasteiger partial charge in [0.25, 0.3) is 0 Å². The summed E-state index contributed by atoms with van der Waals surface area (Å²) in [5.74, 6) is 1.14. The molecule has 1 amide bonds. The van der Waals surface area contributed by atoms with Gasteiger partial charge >= 0.3 is 6.09 Å². The highest BCUT2D eigenvalue weighted by Gasteiger charge is 2.37. The van der Waals surface area contributed by atoms with Gasteiger partial charge in [-0.3, -0.25) is 4.90 Å². The fourth-order valence-electron chi connectivity index (χ4n) is 4.50. The standard InChI is InChI=1S/C22H26N2O3/c1-4-10-24-11-9-15-13-18(26-3)21(27-22(25)23-2)20-16-8-6-5-7-14(16)12-17(24)19(15)20/h5-8,13,17H,4,9-12H2,1-3H3,(H,23,25)/t17-/m1/s1. The second-order valence-electron chi connectivity index (χ2n) is 7.16. The summed E-state index contributed by atoms with van der Waals surface area (Å²) in [6.07, 6.45) is 2.62. The third-order valence-corrected chi connectivity index (χ3v) is 5.64. The molecule has 0 fully saturated rings. The van der Waals surface area contributed by atoms with Crippen LogP contribution in [0.3, 0.4) is 0 Å². The van der Waals surface area contributed by atoms with Crippen molar-refractivity contribution in [1.82, 2.24) is 10.2 Å². The van der Waals surface area contributed by atoms with Gasteiger partial charge in [-0.1, -0.05) is 31.2 Å². The van der Waals surface area contributed by atoms with Crippen molar-refractivity contribution in [2.45, 2.75) is 32.2 Å². The Kier molecular flexibility index (Phi) is 4.79. The monoisotopic (exact) mass is 366 g/mol. The molecule has 0 saturated carbocycles. The minimum absolute atomic E-state index is 0.316. The lowest BCUT2D eigenvalue weighted by molar-refractivity contribution is 0.181. The summed E-state index contributed by atoms with van der Waals surface area (Å²) in [6.45, 7) is 4.34. The number of carbonyl (C=O) groups is 1. The van der Waals surface area contributed by atoms with Crippen molar-refractivity contribution in [2.24, 2.45) is 0 Å². The number of benzene rings is 2. The van der Waals surface area contributed by atoms with E-state index in [2.05, 4.69) is 41.4 Å². The Bertz CT molecular complexity index is 878. The van der Waals surface area contributed by atoms with Crippen LogP contribution in [0.2, 0.25) is 0 Å². The Hall–Kier alpha value is -2.53. The molecule has 5 nitrogen and oxygen atoms in total. The summed E-state index contributed by atoms with van der Waals surface area (Å²) in [4.78, 5) is 14.6. The first-order valence-corrected chi connectivity index (χ1v) is 9.63. The van der Waals surface area contributed by atoms with Crippen LogP contribution in [0.25, 0.3) is 11.1 Å². The largest absolute Gasteiger partial charge is 0.493 e. The Morgan fingerprint density at radius 1 is 1.30 bits per heavy atom. The van der Waals surface area contributed by atoms with Crippen LogP contribution >= 0.6 is 0 Å².